The summed E-state index contributed by atoms with van der Waals surface area (Å²) in [5.41, 5.74) is 1.71. The zero-order valence-corrected chi connectivity index (χ0v) is 15.3. The van der Waals surface area contributed by atoms with Crippen molar-refractivity contribution in [3.05, 3.63) is 59.7 Å². The number of hydrogen-bond donors (Lipinski definition) is 1. The molecule has 0 radical (unpaired) electrons. The molecule has 0 fully saturated rings. The number of amides is 1. The second-order valence-electron chi connectivity index (χ2n) is 5.90. The lowest BCUT2D eigenvalue weighted by atomic mass is 10.1. The van der Waals surface area contributed by atoms with Gasteiger partial charge in [0.1, 0.15) is 0 Å². The molecule has 134 valence electrons. The number of nitrogens with zero attached hydrogens (tertiary/aromatic N) is 1. The lowest BCUT2D eigenvalue weighted by molar-refractivity contribution is 0.0941. The smallest absolute Gasteiger partial charge is 0.251 e. The van der Waals surface area contributed by atoms with Gasteiger partial charge >= 0.3 is 0 Å². The van der Waals surface area contributed by atoms with Crippen molar-refractivity contribution >= 4 is 5.91 Å². The Bertz CT molecular complexity index is 687. The van der Waals surface area contributed by atoms with Crippen LogP contribution in [0.4, 0.5) is 0 Å². The minimum atomic E-state index is -0.135. The molecule has 0 aliphatic carbocycles. The van der Waals surface area contributed by atoms with E-state index in [-0.39, 0.29) is 11.9 Å². The van der Waals surface area contributed by atoms with E-state index >= 15 is 0 Å². The highest BCUT2D eigenvalue weighted by atomic mass is 16.5. The van der Waals surface area contributed by atoms with Crippen molar-refractivity contribution in [3.63, 3.8) is 0 Å². The van der Waals surface area contributed by atoms with Crippen molar-refractivity contribution in [2.75, 3.05) is 34.4 Å². The van der Waals surface area contributed by atoms with E-state index in [9.17, 15) is 4.79 Å². The monoisotopic (exact) mass is 342 g/mol. The van der Waals surface area contributed by atoms with Gasteiger partial charge in [0.15, 0.2) is 11.5 Å². The van der Waals surface area contributed by atoms with Gasteiger partial charge in [0, 0.05) is 12.1 Å². The number of carbonyl (C=O) groups is 1. The molecule has 1 atom stereocenters. The lowest BCUT2D eigenvalue weighted by Gasteiger charge is -2.25. The van der Waals surface area contributed by atoms with Gasteiger partial charge in [-0.15, -0.1) is 0 Å². The molecule has 2 rings (SSSR count). The molecule has 1 N–H and O–H groups in total. The van der Waals surface area contributed by atoms with Crippen molar-refractivity contribution in [2.45, 2.75) is 13.0 Å². The number of hydrogen-bond acceptors (Lipinski definition) is 4. The first-order chi connectivity index (χ1) is 12.1. The molecule has 0 bridgehead atoms. The zero-order valence-electron chi connectivity index (χ0n) is 15.3. The van der Waals surface area contributed by atoms with E-state index in [1.54, 1.807) is 25.3 Å². The van der Waals surface area contributed by atoms with E-state index in [4.69, 9.17) is 9.47 Å². The highest BCUT2D eigenvalue weighted by Gasteiger charge is 2.16. The van der Waals surface area contributed by atoms with Gasteiger partial charge in [-0.25, -0.2) is 0 Å². The molecule has 25 heavy (non-hydrogen) atoms. The minimum absolute atomic E-state index is 0.106. The number of ether oxygens (including phenoxy) is 2. The topological polar surface area (TPSA) is 50.8 Å². The summed E-state index contributed by atoms with van der Waals surface area (Å²) in [5, 5.41) is 3.00. The van der Waals surface area contributed by atoms with Crippen LogP contribution in [0.5, 0.6) is 11.5 Å². The van der Waals surface area contributed by atoms with E-state index in [1.165, 1.54) is 0 Å². The standard InChI is InChI=1S/C20H26N2O3/c1-5-25-18-12-11-16(13-19(18)24-4)20(23)21-14-17(22(2)3)15-9-7-6-8-10-15/h6-13,17H,5,14H2,1-4H3,(H,21,23). The molecule has 5 nitrogen and oxygen atoms in total. The summed E-state index contributed by atoms with van der Waals surface area (Å²) in [7, 11) is 5.57. The quantitative estimate of drug-likeness (QED) is 0.801. The molecular formula is C20H26N2O3. The SMILES string of the molecule is CCOc1ccc(C(=O)NCC(c2ccccc2)N(C)C)cc1OC. The zero-order chi connectivity index (χ0) is 18.2. The Balaban J connectivity index is 2.08. The highest BCUT2D eigenvalue weighted by molar-refractivity contribution is 5.94. The molecule has 5 heteroatoms. The Morgan fingerprint density at radius 3 is 2.44 bits per heavy atom. The van der Waals surface area contributed by atoms with Gasteiger partial charge in [-0.3, -0.25) is 4.79 Å². The maximum Gasteiger partial charge on any atom is 0.251 e. The second-order valence-corrected chi connectivity index (χ2v) is 5.90. The molecule has 0 aliphatic rings. The molecule has 0 aliphatic heterocycles. The molecule has 2 aromatic rings. The summed E-state index contributed by atoms with van der Waals surface area (Å²) in [6.07, 6.45) is 0. The fourth-order valence-electron chi connectivity index (χ4n) is 2.65. The Morgan fingerprint density at radius 2 is 1.84 bits per heavy atom. The van der Waals surface area contributed by atoms with E-state index in [1.807, 2.05) is 39.2 Å². The fourth-order valence-corrected chi connectivity index (χ4v) is 2.65. The van der Waals surface area contributed by atoms with Crippen LogP contribution in [-0.4, -0.2) is 45.2 Å². The number of nitrogens with one attached hydrogen (secondary N) is 1. The summed E-state index contributed by atoms with van der Waals surface area (Å²) >= 11 is 0. The molecular weight excluding hydrogens is 316 g/mol. The largest absolute Gasteiger partial charge is 0.493 e. The van der Waals surface area contributed by atoms with E-state index in [0.29, 0.717) is 30.2 Å². The number of methoxy groups -OCH3 is 1. The van der Waals surface area contributed by atoms with Crippen molar-refractivity contribution in [1.29, 1.82) is 0 Å². The summed E-state index contributed by atoms with van der Waals surface area (Å²) < 4.78 is 10.8. The molecule has 0 aromatic heterocycles. The first-order valence-electron chi connectivity index (χ1n) is 8.37. The van der Waals surface area contributed by atoms with Crippen LogP contribution in [0.15, 0.2) is 48.5 Å². The van der Waals surface area contributed by atoms with E-state index in [0.717, 1.165) is 5.56 Å². The first-order valence-corrected chi connectivity index (χ1v) is 8.37. The molecule has 0 spiro atoms. The van der Waals surface area contributed by atoms with Crippen LogP contribution in [0.2, 0.25) is 0 Å². The number of rotatable bonds is 8. The third-order valence-electron chi connectivity index (χ3n) is 3.99. The van der Waals surface area contributed by atoms with Gasteiger partial charge in [0.2, 0.25) is 0 Å². The van der Waals surface area contributed by atoms with Gasteiger partial charge in [-0.2, -0.15) is 0 Å². The Labute approximate surface area is 149 Å². The van der Waals surface area contributed by atoms with Crippen molar-refractivity contribution in [3.8, 4) is 11.5 Å². The minimum Gasteiger partial charge on any atom is -0.493 e. The Kier molecular flexibility index (Phi) is 6.83. The van der Waals surface area contributed by atoms with Crippen LogP contribution in [0.1, 0.15) is 28.9 Å². The van der Waals surface area contributed by atoms with Crippen LogP contribution in [0.3, 0.4) is 0 Å². The van der Waals surface area contributed by atoms with Crippen LogP contribution < -0.4 is 14.8 Å². The van der Waals surface area contributed by atoms with Gasteiger partial charge in [0.25, 0.3) is 5.91 Å². The van der Waals surface area contributed by atoms with Gasteiger partial charge in [-0.05, 0) is 44.8 Å². The first kappa shape index (κ1) is 18.8. The molecule has 1 unspecified atom stereocenters. The summed E-state index contributed by atoms with van der Waals surface area (Å²) in [6, 6.07) is 15.4. The summed E-state index contributed by atoms with van der Waals surface area (Å²) in [4.78, 5) is 14.6. The van der Waals surface area contributed by atoms with Crippen LogP contribution in [-0.2, 0) is 0 Å². The molecule has 0 saturated heterocycles. The van der Waals surface area contributed by atoms with Crippen molar-refractivity contribution in [2.24, 2.45) is 0 Å². The number of carbonyl (C=O) groups excluding carboxylic acids is 1. The maximum absolute atomic E-state index is 12.5. The fraction of sp³-hybridized carbons (Fsp3) is 0.350. The van der Waals surface area contributed by atoms with Gasteiger partial charge < -0.3 is 19.7 Å². The third-order valence-corrected chi connectivity index (χ3v) is 3.99. The second kappa shape index (κ2) is 9.08. The third kappa shape index (κ3) is 4.97. The van der Waals surface area contributed by atoms with Crippen molar-refractivity contribution in [1.82, 2.24) is 10.2 Å². The number of benzene rings is 2. The molecule has 0 heterocycles. The molecule has 1 amide bonds. The predicted molar refractivity (Wildman–Crippen MR) is 99.4 cm³/mol. The Morgan fingerprint density at radius 1 is 1.12 bits per heavy atom. The summed E-state index contributed by atoms with van der Waals surface area (Å²) in [5.74, 6) is 1.06. The average Bonchev–Trinajstić information content (AvgIpc) is 2.63. The van der Waals surface area contributed by atoms with Gasteiger partial charge in [0.05, 0.1) is 19.8 Å². The van der Waals surface area contributed by atoms with E-state index in [2.05, 4.69) is 22.3 Å². The molecule has 2 aromatic carbocycles. The Hall–Kier alpha value is -2.53. The van der Waals surface area contributed by atoms with Crippen LogP contribution in [0, 0.1) is 0 Å². The lowest BCUT2D eigenvalue weighted by Crippen LogP contribution is -2.34. The predicted octanol–water partition coefficient (Wildman–Crippen LogP) is 3.13. The van der Waals surface area contributed by atoms with E-state index < -0.39 is 0 Å². The van der Waals surface area contributed by atoms with Gasteiger partial charge in [-0.1, -0.05) is 30.3 Å². The normalized spacial score (nSPS) is 11.9. The highest BCUT2D eigenvalue weighted by Crippen LogP contribution is 2.28. The van der Waals surface area contributed by atoms with Crippen molar-refractivity contribution < 1.29 is 14.3 Å². The maximum atomic E-state index is 12.5. The summed E-state index contributed by atoms with van der Waals surface area (Å²) in [6.45, 7) is 2.97. The van der Waals surface area contributed by atoms with Crippen LogP contribution >= 0.6 is 0 Å². The number of likely N-dealkylation sites (N-methyl/N-ethyl adjacent to an activating group) is 1. The molecule has 0 saturated carbocycles. The average molecular weight is 342 g/mol. The van der Waals surface area contributed by atoms with Crippen LogP contribution in [0.25, 0.3) is 0 Å².